The smallest absolute Gasteiger partial charge is 0.0455 e. The van der Waals surface area contributed by atoms with Crippen LogP contribution in [0, 0.1) is 0 Å². The molecule has 0 atom stereocenters. The van der Waals surface area contributed by atoms with E-state index in [1.807, 2.05) is 25.2 Å². The van der Waals surface area contributed by atoms with Crippen LogP contribution in [-0.2, 0) is 13.1 Å². The maximum Gasteiger partial charge on any atom is 0.0455 e. The Morgan fingerprint density at radius 2 is 1.74 bits per heavy atom. The Kier molecular flexibility index (Phi) is 4.83. The first-order valence-corrected chi connectivity index (χ1v) is 6.76. The summed E-state index contributed by atoms with van der Waals surface area (Å²) in [5.41, 5.74) is 3.63. The van der Waals surface area contributed by atoms with Gasteiger partial charge in [-0.25, -0.2) is 0 Å². The van der Waals surface area contributed by atoms with Gasteiger partial charge in [-0.3, -0.25) is 0 Å². The summed E-state index contributed by atoms with van der Waals surface area (Å²) >= 11 is 6.19. The number of anilines is 1. The maximum absolute atomic E-state index is 6.19. The summed E-state index contributed by atoms with van der Waals surface area (Å²) in [5, 5.41) is 3.97. The normalized spacial score (nSPS) is 10.5. The van der Waals surface area contributed by atoms with E-state index in [4.69, 9.17) is 11.6 Å². The molecule has 0 spiro atoms. The summed E-state index contributed by atoms with van der Waals surface area (Å²) in [6.45, 7) is 1.71. The van der Waals surface area contributed by atoms with Gasteiger partial charge in [-0.1, -0.05) is 41.9 Å². The Labute approximate surface area is 120 Å². The minimum absolute atomic E-state index is 0.811. The number of benzene rings is 2. The Morgan fingerprint density at radius 1 is 1.05 bits per heavy atom. The lowest BCUT2D eigenvalue weighted by Gasteiger charge is -2.20. The molecule has 0 fully saturated rings. The van der Waals surface area contributed by atoms with Crippen LogP contribution in [0.4, 0.5) is 5.69 Å². The standard InChI is InChI=1S/C16H19ClN2/c1-18-11-13-7-9-15(10-8-13)19(2)12-14-5-3-4-6-16(14)17/h3-10,18H,11-12H2,1-2H3. The number of halogens is 1. The van der Waals surface area contributed by atoms with Crippen LogP contribution in [0.15, 0.2) is 48.5 Å². The highest BCUT2D eigenvalue weighted by molar-refractivity contribution is 6.31. The van der Waals surface area contributed by atoms with Gasteiger partial charge in [0.2, 0.25) is 0 Å². The van der Waals surface area contributed by atoms with Crippen LogP contribution in [0.1, 0.15) is 11.1 Å². The molecule has 0 aliphatic rings. The van der Waals surface area contributed by atoms with Crippen LogP contribution in [0.5, 0.6) is 0 Å². The molecule has 1 N–H and O–H groups in total. The molecule has 2 rings (SSSR count). The summed E-state index contributed by atoms with van der Waals surface area (Å²) in [4.78, 5) is 2.20. The summed E-state index contributed by atoms with van der Waals surface area (Å²) in [6.07, 6.45) is 0. The van der Waals surface area contributed by atoms with Crippen molar-refractivity contribution in [2.75, 3.05) is 19.0 Å². The van der Waals surface area contributed by atoms with Crippen LogP contribution < -0.4 is 10.2 Å². The largest absolute Gasteiger partial charge is 0.370 e. The highest BCUT2D eigenvalue weighted by atomic mass is 35.5. The molecular formula is C16H19ClN2. The second-order valence-corrected chi connectivity index (χ2v) is 5.05. The average Bonchev–Trinajstić information content (AvgIpc) is 2.42. The van der Waals surface area contributed by atoms with Gasteiger partial charge in [0.25, 0.3) is 0 Å². The second kappa shape index (κ2) is 6.60. The van der Waals surface area contributed by atoms with E-state index in [0.717, 1.165) is 23.7 Å². The quantitative estimate of drug-likeness (QED) is 0.894. The van der Waals surface area contributed by atoms with Gasteiger partial charge in [0.15, 0.2) is 0 Å². The molecule has 2 nitrogen and oxygen atoms in total. The molecule has 3 heteroatoms. The van der Waals surface area contributed by atoms with Crippen molar-refractivity contribution in [2.24, 2.45) is 0 Å². The van der Waals surface area contributed by atoms with Gasteiger partial charge >= 0.3 is 0 Å². The third-order valence-corrected chi connectivity index (χ3v) is 3.49. The molecule has 100 valence electrons. The minimum atomic E-state index is 0.811. The molecule has 0 aliphatic heterocycles. The fraction of sp³-hybridized carbons (Fsp3) is 0.250. The topological polar surface area (TPSA) is 15.3 Å². The molecule has 0 saturated carbocycles. The summed E-state index contributed by atoms with van der Waals surface area (Å²) < 4.78 is 0. The number of nitrogens with one attached hydrogen (secondary N) is 1. The maximum atomic E-state index is 6.19. The molecule has 2 aromatic rings. The molecule has 0 unspecified atom stereocenters. The van der Waals surface area contributed by atoms with Crippen LogP contribution >= 0.6 is 11.6 Å². The van der Waals surface area contributed by atoms with Crippen molar-refractivity contribution < 1.29 is 0 Å². The zero-order chi connectivity index (χ0) is 13.7. The predicted molar refractivity (Wildman–Crippen MR) is 82.8 cm³/mol. The zero-order valence-electron chi connectivity index (χ0n) is 11.4. The van der Waals surface area contributed by atoms with Crippen molar-refractivity contribution in [3.8, 4) is 0 Å². The lowest BCUT2D eigenvalue weighted by molar-refractivity contribution is 0.817. The molecule has 2 aromatic carbocycles. The molecule has 19 heavy (non-hydrogen) atoms. The van der Waals surface area contributed by atoms with Crippen molar-refractivity contribution in [1.82, 2.24) is 5.32 Å². The van der Waals surface area contributed by atoms with Gasteiger partial charge < -0.3 is 10.2 Å². The fourth-order valence-corrected chi connectivity index (χ4v) is 2.24. The zero-order valence-corrected chi connectivity index (χ0v) is 12.1. The first-order valence-electron chi connectivity index (χ1n) is 6.39. The molecule has 0 saturated heterocycles. The average molecular weight is 275 g/mol. The van der Waals surface area contributed by atoms with E-state index in [-0.39, 0.29) is 0 Å². The third kappa shape index (κ3) is 3.72. The monoisotopic (exact) mass is 274 g/mol. The Balaban J connectivity index is 2.07. The summed E-state index contributed by atoms with van der Waals surface area (Å²) in [5.74, 6) is 0. The first-order chi connectivity index (χ1) is 9.20. The van der Waals surface area contributed by atoms with Gasteiger partial charge in [-0.15, -0.1) is 0 Å². The van der Waals surface area contributed by atoms with E-state index in [1.165, 1.54) is 11.3 Å². The predicted octanol–water partition coefficient (Wildman–Crippen LogP) is 3.70. The van der Waals surface area contributed by atoms with Crippen LogP contribution in [0.3, 0.4) is 0 Å². The van der Waals surface area contributed by atoms with Gasteiger partial charge in [0.1, 0.15) is 0 Å². The Hall–Kier alpha value is -1.51. The fourth-order valence-electron chi connectivity index (χ4n) is 2.05. The van der Waals surface area contributed by atoms with E-state index in [2.05, 4.69) is 47.6 Å². The molecule has 0 amide bonds. The lowest BCUT2D eigenvalue weighted by Crippen LogP contribution is -2.16. The lowest BCUT2D eigenvalue weighted by atomic mass is 10.1. The van der Waals surface area contributed by atoms with Gasteiger partial charge in [-0.2, -0.15) is 0 Å². The molecular weight excluding hydrogens is 256 g/mol. The van der Waals surface area contributed by atoms with Crippen molar-refractivity contribution >= 4 is 17.3 Å². The number of hydrogen-bond donors (Lipinski definition) is 1. The van der Waals surface area contributed by atoms with E-state index in [0.29, 0.717) is 0 Å². The van der Waals surface area contributed by atoms with Crippen LogP contribution in [-0.4, -0.2) is 14.1 Å². The molecule has 0 bridgehead atoms. The number of nitrogens with zero attached hydrogens (tertiary/aromatic N) is 1. The van der Waals surface area contributed by atoms with Gasteiger partial charge in [-0.05, 0) is 36.4 Å². The summed E-state index contributed by atoms with van der Waals surface area (Å²) in [7, 11) is 4.04. The molecule has 0 radical (unpaired) electrons. The highest BCUT2D eigenvalue weighted by Crippen LogP contribution is 2.20. The van der Waals surface area contributed by atoms with E-state index in [9.17, 15) is 0 Å². The van der Waals surface area contributed by atoms with Crippen molar-refractivity contribution in [3.63, 3.8) is 0 Å². The number of rotatable bonds is 5. The van der Waals surface area contributed by atoms with E-state index in [1.54, 1.807) is 0 Å². The first kappa shape index (κ1) is 13.9. The Bertz CT molecular complexity index is 523. The third-order valence-electron chi connectivity index (χ3n) is 3.12. The highest BCUT2D eigenvalue weighted by Gasteiger charge is 2.05. The molecule has 0 aromatic heterocycles. The van der Waals surface area contributed by atoms with Crippen molar-refractivity contribution in [2.45, 2.75) is 13.1 Å². The molecule has 0 aliphatic carbocycles. The molecule has 0 heterocycles. The SMILES string of the molecule is CNCc1ccc(N(C)Cc2ccccc2Cl)cc1. The Morgan fingerprint density at radius 3 is 2.37 bits per heavy atom. The van der Waals surface area contributed by atoms with E-state index >= 15 is 0 Å². The van der Waals surface area contributed by atoms with Crippen molar-refractivity contribution in [3.05, 3.63) is 64.7 Å². The van der Waals surface area contributed by atoms with Gasteiger partial charge in [0, 0.05) is 30.8 Å². The minimum Gasteiger partial charge on any atom is -0.370 e. The number of hydrogen-bond acceptors (Lipinski definition) is 2. The van der Waals surface area contributed by atoms with E-state index < -0.39 is 0 Å². The summed E-state index contributed by atoms with van der Waals surface area (Å²) in [6, 6.07) is 16.6. The van der Waals surface area contributed by atoms with Crippen molar-refractivity contribution in [1.29, 1.82) is 0 Å². The van der Waals surface area contributed by atoms with Gasteiger partial charge in [0.05, 0.1) is 0 Å². The van der Waals surface area contributed by atoms with Crippen LogP contribution in [0.25, 0.3) is 0 Å². The second-order valence-electron chi connectivity index (χ2n) is 4.64. The van der Waals surface area contributed by atoms with Crippen LogP contribution in [0.2, 0.25) is 5.02 Å².